The molecule has 170 valence electrons. The third-order valence-corrected chi connectivity index (χ3v) is 6.20. The van der Waals surface area contributed by atoms with Crippen LogP contribution in [0.15, 0.2) is 48.0 Å². The van der Waals surface area contributed by atoms with Crippen LogP contribution in [-0.4, -0.2) is 28.7 Å². The highest BCUT2D eigenvalue weighted by Gasteiger charge is 2.44. The number of urea groups is 1. The van der Waals surface area contributed by atoms with Crippen LogP contribution >= 0.6 is 11.3 Å². The fraction of sp³-hybridized carbons (Fsp3) is 0.208. The van der Waals surface area contributed by atoms with Gasteiger partial charge >= 0.3 is 12.1 Å². The molecule has 1 saturated carbocycles. The van der Waals surface area contributed by atoms with Gasteiger partial charge < -0.3 is 15.8 Å². The lowest BCUT2D eigenvalue weighted by molar-refractivity contribution is 0.143. The van der Waals surface area contributed by atoms with Gasteiger partial charge in [0.15, 0.2) is 5.01 Å². The summed E-state index contributed by atoms with van der Waals surface area (Å²) in [7, 11) is 0. The summed E-state index contributed by atoms with van der Waals surface area (Å²) < 4.78 is 4.90. The van der Waals surface area contributed by atoms with Crippen LogP contribution in [0.25, 0.3) is 11.1 Å². The van der Waals surface area contributed by atoms with E-state index in [2.05, 4.69) is 32.6 Å². The van der Waals surface area contributed by atoms with E-state index >= 15 is 0 Å². The zero-order valence-electron chi connectivity index (χ0n) is 17.9. The number of carbonyl (C=O) groups excluding carboxylic acids is 2. The number of amides is 3. The van der Waals surface area contributed by atoms with E-state index in [4.69, 9.17) is 16.9 Å². The molecule has 3 amide bonds. The molecule has 9 nitrogen and oxygen atoms in total. The van der Waals surface area contributed by atoms with Crippen molar-refractivity contribution in [3.8, 4) is 29.5 Å². The van der Waals surface area contributed by atoms with Crippen molar-refractivity contribution in [3.63, 3.8) is 0 Å². The first-order chi connectivity index (χ1) is 16.4. The molecule has 4 N–H and O–H groups in total. The quantitative estimate of drug-likeness (QED) is 0.448. The molecule has 0 radical (unpaired) electrons. The maximum Gasteiger partial charge on any atom is 0.404 e. The Morgan fingerprint density at radius 2 is 2.12 bits per heavy atom. The Morgan fingerprint density at radius 3 is 2.74 bits per heavy atom. The van der Waals surface area contributed by atoms with Crippen LogP contribution in [-0.2, 0) is 10.2 Å². The predicted molar refractivity (Wildman–Crippen MR) is 127 cm³/mol. The summed E-state index contributed by atoms with van der Waals surface area (Å²) in [6.45, 7) is -0.206. The number of anilines is 1. The van der Waals surface area contributed by atoms with Crippen LogP contribution in [0.5, 0.6) is 0 Å². The SMILES string of the molecule is C#Cc1nc(NC(=O)NC(COC(N)=O)c2ccc(-c3cccc(C4(C#N)CC4)c3)cn2)cs1. The third-order valence-electron chi connectivity index (χ3n) is 5.42. The van der Waals surface area contributed by atoms with E-state index in [1.807, 2.05) is 30.3 Å². The maximum atomic E-state index is 12.5. The molecule has 34 heavy (non-hydrogen) atoms. The molecule has 1 atom stereocenters. The van der Waals surface area contributed by atoms with Crippen LogP contribution in [0.1, 0.15) is 35.1 Å². The Hall–Kier alpha value is -4.41. The third kappa shape index (κ3) is 5.14. The summed E-state index contributed by atoms with van der Waals surface area (Å²) >= 11 is 1.22. The summed E-state index contributed by atoms with van der Waals surface area (Å²) in [5.41, 5.74) is 7.96. The molecule has 0 spiro atoms. The number of rotatable bonds is 7. The first-order valence-corrected chi connectivity index (χ1v) is 11.2. The number of nitriles is 1. The highest BCUT2D eigenvalue weighted by atomic mass is 32.1. The van der Waals surface area contributed by atoms with Crippen molar-refractivity contribution in [1.29, 1.82) is 5.26 Å². The number of pyridine rings is 1. The number of carbonyl (C=O) groups is 2. The average Bonchev–Trinajstić information content (AvgIpc) is 3.53. The highest BCUT2D eigenvalue weighted by Crippen LogP contribution is 2.48. The van der Waals surface area contributed by atoms with Crippen LogP contribution in [0, 0.1) is 23.7 Å². The summed E-state index contributed by atoms with van der Waals surface area (Å²) in [6, 6.07) is 12.5. The highest BCUT2D eigenvalue weighted by molar-refractivity contribution is 7.10. The standard InChI is InChI=1S/C24H20N6O3S/c1-2-21-29-20(13-34-21)30-23(32)28-19(12-33-22(26)31)18-7-6-16(11-27-18)15-4-3-5-17(10-15)24(14-25)8-9-24/h1,3-7,10-11,13,19H,8-9,12H2,(H2,26,31)(H2,28,30,32). The lowest BCUT2D eigenvalue weighted by Crippen LogP contribution is -2.36. The van der Waals surface area contributed by atoms with Crippen LogP contribution in [0.2, 0.25) is 0 Å². The van der Waals surface area contributed by atoms with Gasteiger partial charge in [0.1, 0.15) is 18.5 Å². The molecule has 1 aromatic carbocycles. The van der Waals surface area contributed by atoms with E-state index in [1.54, 1.807) is 17.6 Å². The molecule has 2 heterocycles. The van der Waals surface area contributed by atoms with Crippen molar-refractivity contribution < 1.29 is 14.3 Å². The van der Waals surface area contributed by atoms with Gasteiger partial charge in [-0.25, -0.2) is 14.6 Å². The molecule has 10 heteroatoms. The summed E-state index contributed by atoms with van der Waals surface area (Å²) in [5, 5.41) is 16.8. The monoisotopic (exact) mass is 472 g/mol. The van der Waals surface area contributed by atoms with Gasteiger partial charge in [-0.2, -0.15) is 5.26 Å². The number of nitrogens with zero attached hydrogens (tertiary/aromatic N) is 3. The second kappa shape index (κ2) is 9.61. The van der Waals surface area contributed by atoms with Crippen molar-refractivity contribution in [2.24, 2.45) is 5.73 Å². The van der Waals surface area contributed by atoms with Crippen LogP contribution in [0.3, 0.4) is 0 Å². The van der Waals surface area contributed by atoms with Gasteiger partial charge in [0.2, 0.25) is 0 Å². The lowest BCUT2D eigenvalue weighted by atomic mass is 9.94. The van der Waals surface area contributed by atoms with Crippen LogP contribution < -0.4 is 16.4 Å². The Kier molecular flexibility index (Phi) is 6.44. The number of aromatic nitrogens is 2. The molecule has 0 bridgehead atoms. The Balaban J connectivity index is 1.50. The summed E-state index contributed by atoms with van der Waals surface area (Å²) in [4.78, 5) is 32.1. The van der Waals surface area contributed by atoms with E-state index in [0.29, 0.717) is 16.5 Å². The molecular weight excluding hydrogens is 452 g/mol. The number of hydrogen-bond donors (Lipinski definition) is 3. The zero-order chi connectivity index (χ0) is 24.1. The fourth-order valence-corrected chi connectivity index (χ4v) is 4.00. The van der Waals surface area contributed by atoms with Gasteiger partial charge in [0.25, 0.3) is 0 Å². The lowest BCUT2D eigenvalue weighted by Gasteiger charge is -2.18. The molecule has 0 aliphatic heterocycles. The second-order valence-corrected chi connectivity index (χ2v) is 8.57. The van der Waals surface area contributed by atoms with Crippen LogP contribution in [0.4, 0.5) is 15.4 Å². The number of terminal acetylenes is 1. The zero-order valence-corrected chi connectivity index (χ0v) is 18.8. The molecule has 4 rings (SSSR count). The fourth-order valence-electron chi connectivity index (χ4n) is 3.44. The Labute approximate surface area is 200 Å². The first kappa shape index (κ1) is 22.8. The van der Waals surface area contributed by atoms with E-state index in [9.17, 15) is 14.9 Å². The molecule has 0 saturated heterocycles. The van der Waals surface area contributed by atoms with Crippen molar-refractivity contribution in [1.82, 2.24) is 15.3 Å². The largest absolute Gasteiger partial charge is 0.447 e. The molecule has 3 aromatic rings. The van der Waals surface area contributed by atoms with Gasteiger partial charge in [-0.3, -0.25) is 10.3 Å². The van der Waals surface area contributed by atoms with Gasteiger partial charge in [0.05, 0.1) is 17.2 Å². The van der Waals surface area contributed by atoms with E-state index in [-0.39, 0.29) is 12.0 Å². The smallest absolute Gasteiger partial charge is 0.404 e. The van der Waals surface area contributed by atoms with E-state index in [1.165, 1.54) is 11.3 Å². The number of nitrogens with one attached hydrogen (secondary N) is 2. The molecule has 1 fully saturated rings. The van der Waals surface area contributed by atoms with Gasteiger partial charge in [-0.1, -0.05) is 24.3 Å². The summed E-state index contributed by atoms with van der Waals surface area (Å²) in [5.74, 6) is 2.70. The number of benzene rings is 1. The number of thiazole rings is 1. The molecule has 2 aromatic heterocycles. The van der Waals surface area contributed by atoms with Gasteiger partial charge in [-0.15, -0.1) is 17.8 Å². The van der Waals surface area contributed by atoms with Crippen molar-refractivity contribution in [2.45, 2.75) is 24.3 Å². The molecule has 1 aliphatic rings. The van der Waals surface area contributed by atoms with Crippen molar-refractivity contribution in [3.05, 3.63) is 64.2 Å². The minimum atomic E-state index is -0.967. The average molecular weight is 473 g/mol. The number of ether oxygens (including phenoxy) is 1. The number of nitrogens with two attached hydrogens (primary N) is 1. The first-order valence-electron chi connectivity index (χ1n) is 10.3. The van der Waals surface area contributed by atoms with Crippen molar-refractivity contribution >= 4 is 29.3 Å². The summed E-state index contributed by atoms with van der Waals surface area (Å²) in [6.07, 6.45) is 7.73. The minimum Gasteiger partial charge on any atom is -0.447 e. The predicted octanol–water partition coefficient (Wildman–Crippen LogP) is 3.70. The van der Waals surface area contributed by atoms with Gasteiger partial charge in [0, 0.05) is 17.1 Å². The molecule has 1 unspecified atom stereocenters. The van der Waals surface area contributed by atoms with Gasteiger partial charge in [-0.05, 0) is 42.0 Å². The normalized spacial score (nSPS) is 14.2. The minimum absolute atomic E-state index is 0.206. The molecule has 1 aliphatic carbocycles. The maximum absolute atomic E-state index is 12.5. The topological polar surface area (TPSA) is 143 Å². The second-order valence-electron chi connectivity index (χ2n) is 7.71. The number of primary amides is 1. The number of hydrogen-bond acceptors (Lipinski definition) is 7. The van der Waals surface area contributed by atoms with E-state index in [0.717, 1.165) is 29.5 Å². The molecular formula is C24H20N6O3S. The van der Waals surface area contributed by atoms with E-state index < -0.39 is 18.2 Å². The Bertz CT molecular complexity index is 1300. The Morgan fingerprint density at radius 1 is 1.29 bits per heavy atom. The van der Waals surface area contributed by atoms with Crippen molar-refractivity contribution in [2.75, 3.05) is 11.9 Å².